The Kier molecular flexibility index (Phi) is 9.61. The number of amides is 2. The molecular weight excluding hydrogens is 438 g/mol. The van der Waals surface area contributed by atoms with Crippen molar-refractivity contribution in [3.05, 3.63) is 64.2 Å². The van der Waals surface area contributed by atoms with Gasteiger partial charge >= 0.3 is 0 Å². The van der Waals surface area contributed by atoms with Gasteiger partial charge in [-0.05, 0) is 68.1 Å². The van der Waals surface area contributed by atoms with Gasteiger partial charge in [0.25, 0.3) is 5.91 Å². The molecule has 2 aliphatic heterocycles. The van der Waals surface area contributed by atoms with Crippen molar-refractivity contribution in [2.45, 2.75) is 53.0 Å². The molecule has 0 radical (unpaired) electrons. The van der Waals surface area contributed by atoms with Crippen molar-refractivity contribution in [3.8, 4) is 0 Å². The van der Waals surface area contributed by atoms with E-state index in [9.17, 15) is 9.59 Å². The zero-order chi connectivity index (χ0) is 25.2. The van der Waals surface area contributed by atoms with E-state index in [1.807, 2.05) is 25.1 Å². The van der Waals surface area contributed by atoms with Crippen molar-refractivity contribution in [1.29, 1.82) is 0 Å². The molecular formula is C28H37N5O2. The highest BCUT2D eigenvalue weighted by molar-refractivity contribution is 6.05. The summed E-state index contributed by atoms with van der Waals surface area (Å²) < 4.78 is 0. The second-order valence-electron chi connectivity index (χ2n) is 9.05. The number of benzene rings is 2. The average Bonchev–Trinajstić information content (AvgIpc) is 2.99. The largest absolute Gasteiger partial charge is 0.387 e. The number of carbonyl (C=O) groups excluding carboxylic acids is 2. The topological polar surface area (TPSA) is 99.8 Å². The number of hydrogen-bond donors (Lipinski definition) is 3. The zero-order valence-corrected chi connectivity index (χ0v) is 21.1. The summed E-state index contributed by atoms with van der Waals surface area (Å²) in [5.41, 5.74) is 12.8. The second-order valence-corrected chi connectivity index (χ2v) is 9.05. The molecule has 0 saturated carbocycles. The Balaban J connectivity index is 0.000000327. The van der Waals surface area contributed by atoms with E-state index in [1.54, 1.807) is 11.0 Å². The Labute approximate surface area is 208 Å². The number of nitrogens with zero attached hydrogens (tertiary/aromatic N) is 2. The van der Waals surface area contributed by atoms with Crippen LogP contribution in [0, 0.1) is 0 Å². The van der Waals surface area contributed by atoms with E-state index in [2.05, 4.69) is 47.7 Å². The molecule has 7 nitrogen and oxygen atoms in total. The number of carbonyl (C=O) groups is 2. The lowest BCUT2D eigenvalue weighted by Crippen LogP contribution is -2.23. The summed E-state index contributed by atoms with van der Waals surface area (Å²) in [7, 11) is 0. The van der Waals surface area contributed by atoms with Crippen molar-refractivity contribution in [3.63, 3.8) is 0 Å². The van der Waals surface area contributed by atoms with Crippen LogP contribution in [0.5, 0.6) is 0 Å². The molecule has 0 unspecified atom stereocenters. The smallest absolute Gasteiger partial charge is 0.255 e. The quantitative estimate of drug-likeness (QED) is 0.508. The van der Waals surface area contributed by atoms with Gasteiger partial charge in [-0.1, -0.05) is 37.6 Å². The number of aliphatic imine (C=N–C) groups is 1. The van der Waals surface area contributed by atoms with Crippen LogP contribution < -0.4 is 16.4 Å². The van der Waals surface area contributed by atoms with E-state index in [4.69, 9.17) is 5.73 Å². The Morgan fingerprint density at radius 1 is 1.14 bits per heavy atom. The number of nitrogens with two attached hydrogens (primary N) is 1. The molecule has 0 aliphatic carbocycles. The van der Waals surface area contributed by atoms with Crippen LogP contribution in [-0.4, -0.2) is 42.7 Å². The Hall–Kier alpha value is -3.45. The summed E-state index contributed by atoms with van der Waals surface area (Å²) in [6.45, 7) is 9.85. The highest BCUT2D eigenvalue weighted by Gasteiger charge is 2.14. The van der Waals surface area contributed by atoms with Crippen LogP contribution in [0.1, 0.15) is 67.1 Å². The third-order valence-corrected chi connectivity index (χ3v) is 5.94. The van der Waals surface area contributed by atoms with E-state index >= 15 is 0 Å². The van der Waals surface area contributed by atoms with Gasteiger partial charge in [-0.15, -0.1) is 0 Å². The molecule has 4 N–H and O–H groups in total. The molecule has 0 bridgehead atoms. The maximum Gasteiger partial charge on any atom is 0.255 e. The molecule has 2 heterocycles. The molecule has 7 heteroatoms. The van der Waals surface area contributed by atoms with Gasteiger partial charge in [-0.3, -0.25) is 9.59 Å². The van der Waals surface area contributed by atoms with E-state index < -0.39 is 0 Å². The van der Waals surface area contributed by atoms with E-state index in [0.29, 0.717) is 17.8 Å². The summed E-state index contributed by atoms with van der Waals surface area (Å²) in [6, 6.07) is 11.7. The van der Waals surface area contributed by atoms with Gasteiger partial charge in [-0.2, -0.15) is 0 Å². The molecule has 186 valence electrons. The molecule has 2 amide bonds. The number of fused-ring (bicyclic) bond motifs is 2. The first kappa shape index (κ1) is 26.2. The van der Waals surface area contributed by atoms with Crippen LogP contribution in [0.3, 0.4) is 0 Å². The number of nitrogens with one attached hydrogen (secondary N) is 2. The predicted octanol–water partition coefficient (Wildman–Crippen LogP) is 4.65. The van der Waals surface area contributed by atoms with Gasteiger partial charge in [0.1, 0.15) is 5.84 Å². The number of rotatable bonds is 7. The summed E-state index contributed by atoms with van der Waals surface area (Å²) in [5.74, 6) is 0.429. The number of hydrogen-bond acceptors (Lipinski definition) is 5. The third kappa shape index (κ3) is 7.52. The first-order valence-corrected chi connectivity index (χ1v) is 12.4. The van der Waals surface area contributed by atoms with Crippen LogP contribution in [0.15, 0.2) is 47.0 Å². The van der Waals surface area contributed by atoms with Crippen LogP contribution in [-0.2, 0) is 17.8 Å². The first-order valence-electron chi connectivity index (χ1n) is 12.4. The minimum Gasteiger partial charge on any atom is -0.387 e. The van der Waals surface area contributed by atoms with Crippen LogP contribution in [0.4, 0.5) is 11.4 Å². The summed E-state index contributed by atoms with van der Waals surface area (Å²) in [6.07, 6.45) is 6.74. The Morgan fingerprint density at radius 2 is 1.91 bits per heavy atom. The summed E-state index contributed by atoms with van der Waals surface area (Å²) in [4.78, 5) is 29.2. The van der Waals surface area contributed by atoms with Gasteiger partial charge in [0.15, 0.2) is 0 Å². The molecule has 0 aromatic heterocycles. The lowest BCUT2D eigenvalue weighted by molar-refractivity contribution is -0.118. The van der Waals surface area contributed by atoms with Crippen LogP contribution in [0.25, 0.3) is 6.08 Å². The summed E-state index contributed by atoms with van der Waals surface area (Å²) in [5, 5.41) is 6.35. The molecule has 4 rings (SSSR count). The van der Waals surface area contributed by atoms with Crippen molar-refractivity contribution in [2.24, 2.45) is 10.7 Å². The second kappa shape index (κ2) is 12.9. The number of anilines is 1. The molecule has 2 aliphatic rings. The highest BCUT2D eigenvalue weighted by atomic mass is 16.1. The SMILES string of the molecule is CC1=Cc2ccc(C(=O)Nc3ccc4c(c3)CCNC4)cc2N=C(N)C1.CCCN(C=O)CCC. The van der Waals surface area contributed by atoms with Crippen molar-refractivity contribution in [1.82, 2.24) is 10.2 Å². The average molecular weight is 476 g/mol. The predicted molar refractivity (Wildman–Crippen MR) is 144 cm³/mol. The first-order chi connectivity index (χ1) is 16.9. The third-order valence-electron chi connectivity index (χ3n) is 5.94. The zero-order valence-electron chi connectivity index (χ0n) is 21.1. The van der Waals surface area contributed by atoms with E-state index in [-0.39, 0.29) is 5.91 Å². The van der Waals surface area contributed by atoms with E-state index in [0.717, 1.165) is 74.4 Å². The fraction of sp³-hybridized carbons (Fsp3) is 0.393. The van der Waals surface area contributed by atoms with Crippen LogP contribution >= 0.6 is 0 Å². The fourth-order valence-corrected chi connectivity index (χ4v) is 4.25. The molecule has 0 spiro atoms. The minimum atomic E-state index is -0.139. The van der Waals surface area contributed by atoms with Crippen molar-refractivity contribution < 1.29 is 9.59 Å². The van der Waals surface area contributed by atoms with Crippen LogP contribution in [0.2, 0.25) is 0 Å². The van der Waals surface area contributed by atoms with Crippen molar-refractivity contribution >= 4 is 35.6 Å². The van der Waals surface area contributed by atoms with Gasteiger partial charge in [0, 0.05) is 42.9 Å². The maximum atomic E-state index is 12.7. The molecule has 2 aromatic rings. The number of amidine groups is 1. The van der Waals surface area contributed by atoms with Gasteiger partial charge in [0.2, 0.25) is 6.41 Å². The minimum absolute atomic E-state index is 0.139. The molecule has 0 saturated heterocycles. The fourth-order valence-electron chi connectivity index (χ4n) is 4.25. The molecule has 0 fully saturated rings. The lowest BCUT2D eigenvalue weighted by Gasteiger charge is -2.18. The maximum absolute atomic E-state index is 12.7. The highest BCUT2D eigenvalue weighted by Crippen LogP contribution is 2.28. The molecule has 0 atom stereocenters. The molecule has 35 heavy (non-hydrogen) atoms. The van der Waals surface area contributed by atoms with E-state index in [1.165, 1.54) is 11.1 Å². The Bertz CT molecular complexity index is 1100. The van der Waals surface area contributed by atoms with Gasteiger partial charge in [-0.25, -0.2) is 4.99 Å². The van der Waals surface area contributed by atoms with Gasteiger partial charge < -0.3 is 21.3 Å². The molecule has 2 aromatic carbocycles. The Morgan fingerprint density at radius 3 is 2.63 bits per heavy atom. The monoisotopic (exact) mass is 475 g/mol. The lowest BCUT2D eigenvalue weighted by atomic mass is 10.0. The van der Waals surface area contributed by atoms with Crippen molar-refractivity contribution in [2.75, 3.05) is 25.0 Å². The summed E-state index contributed by atoms with van der Waals surface area (Å²) >= 11 is 0. The normalized spacial score (nSPS) is 14.1. The standard InChI is InChI=1S/C21H22N4O.C7H15NO/c1-13-8-15-2-3-16(11-19(15)25-20(22)9-13)21(26)24-18-5-4-17-12-23-7-6-14(17)10-18;1-3-5-8(7-9)6-4-2/h2-5,8,10-11,23H,6-7,9,12H2,1H3,(H2,22,25)(H,24,26);7H,3-6H2,1-2H3. The van der Waals surface area contributed by atoms with Gasteiger partial charge in [0.05, 0.1) is 5.69 Å².